The molecule has 2 rings (SSSR count). The molecule has 136 valence electrons. The molecule has 0 saturated heterocycles. The molecule has 1 unspecified atom stereocenters. The Kier molecular flexibility index (Phi) is 7.54. The molecular weight excluding hydrogens is 344 g/mol. The Hall–Kier alpha value is -2.44. The molecule has 6 nitrogen and oxygen atoms in total. The molecule has 7 heteroatoms. The van der Waals surface area contributed by atoms with Gasteiger partial charge in [0.2, 0.25) is 5.75 Å². The van der Waals surface area contributed by atoms with Gasteiger partial charge >= 0.3 is 0 Å². The number of hydrogen-bond acceptors (Lipinski definition) is 5. The summed E-state index contributed by atoms with van der Waals surface area (Å²) in [6, 6.07) is 10.6. The zero-order chi connectivity index (χ0) is 17.7. The monoisotopic (exact) mass is 366 g/mol. The minimum atomic E-state index is -0.304. The molecule has 0 aliphatic heterocycles. The van der Waals surface area contributed by atoms with Crippen LogP contribution in [0.4, 0.5) is 5.69 Å². The molecule has 0 spiro atoms. The number of ether oxygens (including phenoxy) is 3. The molecule has 1 amide bonds. The van der Waals surface area contributed by atoms with Gasteiger partial charge in [0.05, 0.1) is 26.9 Å². The van der Waals surface area contributed by atoms with Crippen molar-refractivity contribution in [2.75, 3.05) is 26.6 Å². The topological polar surface area (TPSA) is 82.8 Å². The van der Waals surface area contributed by atoms with E-state index in [0.717, 1.165) is 5.56 Å². The Morgan fingerprint density at radius 2 is 1.56 bits per heavy atom. The molecule has 0 aliphatic rings. The van der Waals surface area contributed by atoms with Crippen molar-refractivity contribution >= 4 is 24.0 Å². The first-order valence-electron chi connectivity index (χ1n) is 7.47. The van der Waals surface area contributed by atoms with Crippen LogP contribution in [0.5, 0.6) is 17.2 Å². The van der Waals surface area contributed by atoms with Crippen LogP contribution in [0, 0.1) is 0 Å². The highest BCUT2D eigenvalue weighted by molar-refractivity contribution is 6.07. The zero-order valence-corrected chi connectivity index (χ0v) is 15.5. The number of nitrogens with two attached hydrogens (primary N) is 1. The molecular formula is C18H23ClN2O4. The lowest BCUT2D eigenvalue weighted by Gasteiger charge is -2.15. The summed E-state index contributed by atoms with van der Waals surface area (Å²) in [6.07, 6.45) is 0. The van der Waals surface area contributed by atoms with E-state index in [2.05, 4.69) is 5.32 Å². The van der Waals surface area contributed by atoms with E-state index >= 15 is 0 Å². The highest BCUT2D eigenvalue weighted by Gasteiger charge is 2.20. The van der Waals surface area contributed by atoms with Crippen molar-refractivity contribution in [3.8, 4) is 17.2 Å². The van der Waals surface area contributed by atoms with Crippen molar-refractivity contribution in [3.63, 3.8) is 0 Å². The molecule has 0 bridgehead atoms. The normalized spacial score (nSPS) is 11.1. The van der Waals surface area contributed by atoms with Crippen LogP contribution in [0.15, 0.2) is 36.4 Å². The fourth-order valence-electron chi connectivity index (χ4n) is 2.35. The maximum absolute atomic E-state index is 12.6. The summed E-state index contributed by atoms with van der Waals surface area (Å²) in [5.74, 6) is 0.884. The lowest BCUT2D eigenvalue weighted by atomic mass is 10.1. The largest absolute Gasteiger partial charge is 0.493 e. The fourth-order valence-corrected chi connectivity index (χ4v) is 2.35. The summed E-state index contributed by atoms with van der Waals surface area (Å²) in [7, 11) is 4.50. The van der Waals surface area contributed by atoms with Crippen molar-refractivity contribution in [2.45, 2.75) is 13.0 Å². The van der Waals surface area contributed by atoms with E-state index < -0.39 is 0 Å². The average Bonchev–Trinajstić information content (AvgIpc) is 2.60. The number of nitrogens with one attached hydrogen (secondary N) is 1. The summed E-state index contributed by atoms with van der Waals surface area (Å²) in [4.78, 5) is 12.6. The van der Waals surface area contributed by atoms with Crippen molar-refractivity contribution in [3.05, 3.63) is 47.5 Å². The van der Waals surface area contributed by atoms with Crippen LogP contribution in [-0.4, -0.2) is 27.2 Å². The summed E-state index contributed by atoms with van der Waals surface area (Å²) in [5.41, 5.74) is 7.84. The number of carbonyl (C=O) groups excluding carboxylic acids is 1. The minimum Gasteiger partial charge on any atom is -0.493 e. The van der Waals surface area contributed by atoms with Crippen LogP contribution in [0.25, 0.3) is 0 Å². The van der Waals surface area contributed by atoms with E-state index in [9.17, 15) is 4.79 Å². The van der Waals surface area contributed by atoms with Crippen molar-refractivity contribution in [1.29, 1.82) is 0 Å². The Labute approximate surface area is 153 Å². The fraction of sp³-hybridized carbons (Fsp3) is 0.278. The second kappa shape index (κ2) is 9.15. The van der Waals surface area contributed by atoms with Crippen LogP contribution in [-0.2, 0) is 0 Å². The first-order valence-corrected chi connectivity index (χ1v) is 7.47. The molecule has 0 saturated carbocycles. The molecule has 0 fully saturated rings. The van der Waals surface area contributed by atoms with E-state index in [1.165, 1.54) is 21.3 Å². The highest BCUT2D eigenvalue weighted by atomic mass is 35.5. The van der Waals surface area contributed by atoms with Gasteiger partial charge in [0.15, 0.2) is 11.5 Å². The highest BCUT2D eigenvalue weighted by Crippen LogP contribution is 2.39. The van der Waals surface area contributed by atoms with Gasteiger partial charge in [-0.3, -0.25) is 4.79 Å². The Balaban J connectivity index is 0.00000312. The average molecular weight is 367 g/mol. The predicted molar refractivity (Wildman–Crippen MR) is 100 cm³/mol. The number of carbonyl (C=O) groups is 1. The van der Waals surface area contributed by atoms with Crippen molar-refractivity contribution in [1.82, 2.24) is 0 Å². The molecule has 0 aliphatic carbocycles. The van der Waals surface area contributed by atoms with Crippen LogP contribution in [0.2, 0.25) is 0 Å². The smallest absolute Gasteiger partial charge is 0.259 e. The van der Waals surface area contributed by atoms with E-state index in [4.69, 9.17) is 19.9 Å². The predicted octanol–water partition coefficient (Wildman–Crippen LogP) is 3.41. The van der Waals surface area contributed by atoms with Crippen molar-refractivity contribution < 1.29 is 19.0 Å². The van der Waals surface area contributed by atoms with Crippen LogP contribution in [0.3, 0.4) is 0 Å². The van der Waals surface area contributed by atoms with Gasteiger partial charge in [-0.1, -0.05) is 12.1 Å². The molecule has 0 aromatic heterocycles. The first kappa shape index (κ1) is 20.6. The SMILES string of the molecule is COc1ccc(C(=O)Nc2ccc(C(C)N)cc2)c(OC)c1OC.Cl. The molecule has 2 aromatic carbocycles. The molecule has 3 N–H and O–H groups in total. The number of amides is 1. The van der Waals surface area contributed by atoms with Crippen LogP contribution in [0.1, 0.15) is 28.9 Å². The summed E-state index contributed by atoms with van der Waals surface area (Å²) in [5, 5.41) is 2.83. The van der Waals surface area contributed by atoms with Gasteiger partial charge < -0.3 is 25.3 Å². The van der Waals surface area contributed by atoms with Gasteiger partial charge in [0, 0.05) is 11.7 Å². The van der Waals surface area contributed by atoms with E-state index in [0.29, 0.717) is 28.5 Å². The number of halogens is 1. The maximum Gasteiger partial charge on any atom is 0.259 e. The number of benzene rings is 2. The van der Waals surface area contributed by atoms with Gasteiger partial charge in [-0.15, -0.1) is 12.4 Å². The molecule has 2 aromatic rings. The first-order chi connectivity index (χ1) is 11.5. The second-order valence-electron chi connectivity index (χ2n) is 5.25. The molecule has 0 heterocycles. The minimum absolute atomic E-state index is 0. The lowest BCUT2D eigenvalue weighted by Crippen LogP contribution is -2.14. The third-order valence-electron chi connectivity index (χ3n) is 3.64. The summed E-state index contributed by atoms with van der Waals surface area (Å²) < 4.78 is 15.9. The summed E-state index contributed by atoms with van der Waals surface area (Å²) in [6.45, 7) is 1.90. The van der Waals surface area contributed by atoms with Gasteiger partial charge in [-0.2, -0.15) is 0 Å². The maximum atomic E-state index is 12.6. The third-order valence-corrected chi connectivity index (χ3v) is 3.64. The molecule has 25 heavy (non-hydrogen) atoms. The number of methoxy groups -OCH3 is 3. The third kappa shape index (κ3) is 4.55. The van der Waals surface area contributed by atoms with Gasteiger partial charge in [0.25, 0.3) is 5.91 Å². The van der Waals surface area contributed by atoms with Gasteiger partial charge in [-0.05, 0) is 36.8 Å². The van der Waals surface area contributed by atoms with E-state index in [-0.39, 0.29) is 24.4 Å². The lowest BCUT2D eigenvalue weighted by molar-refractivity contribution is 0.102. The standard InChI is InChI=1S/C18H22N2O4.ClH/c1-11(19)12-5-7-13(8-6-12)20-18(21)14-9-10-15(22-2)17(24-4)16(14)23-3;/h5-11H,19H2,1-4H3,(H,20,21);1H. The Bertz CT molecular complexity index is 718. The second-order valence-corrected chi connectivity index (χ2v) is 5.25. The van der Waals surface area contributed by atoms with E-state index in [1.54, 1.807) is 12.1 Å². The zero-order valence-electron chi connectivity index (χ0n) is 14.7. The van der Waals surface area contributed by atoms with Crippen LogP contribution >= 0.6 is 12.4 Å². The Morgan fingerprint density at radius 3 is 2.04 bits per heavy atom. The van der Waals surface area contributed by atoms with Gasteiger partial charge in [-0.25, -0.2) is 0 Å². The Morgan fingerprint density at radius 1 is 0.960 bits per heavy atom. The van der Waals surface area contributed by atoms with E-state index in [1.807, 2.05) is 31.2 Å². The molecule has 1 atom stereocenters. The quantitative estimate of drug-likeness (QED) is 0.818. The van der Waals surface area contributed by atoms with Crippen LogP contribution < -0.4 is 25.3 Å². The number of hydrogen-bond donors (Lipinski definition) is 2. The van der Waals surface area contributed by atoms with Gasteiger partial charge in [0.1, 0.15) is 0 Å². The number of rotatable bonds is 6. The summed E-state index contributed by atoms with van der Waals surface area (Å²) >= 11 is 0. The van der Waals surface area contributed by atoms with Crippen molar-refractivity contribution in [2.24, 2.45) is 5.73 Å². The molecule has 0 radical (unpaired) electrons. The number of anilines is 1.